The van der Waals surface area contributed by atoms with Gasteiger partial charge in [-0.25, -0.2) is 9.18 Å². The maximum atomic E-state index is 13.8. The van der Waals surface area contributed by atoms with E-state index in [1.54, 1.807) is 0 Å². The average Bonchev–Trinajstić information content (AvgIpc) is 2.42. The zero-order valence-electron chi connectivity index (χ0n) is 10.2. The number of esters is 1. The Labute approximate surface area is 110 Å². The van der Waals surface area contributed by atoms with Crippen LogP contribution >= 0.6 is 0 Å². The summed E-state index contributed by atoms with van der Waals surface area (Å²) in [6.45, 7) is -0.313. The summed E-state index contributed by atoms with van der Waals surface area (Å²) < 4.78 is 28.4. The normalized spacial score (nSPS) is 9.05. The molecule has 1 aromatic carbocycles. The molecule has 0 aliphatic carbocycles. The highest BCUT2D eigenvalue weighted by Gasteiger charge is 2.17. The minimum Gasteiger partial charge on any atom is -0.493 e. The molecule has 0 amide bonds. The molecule has 0 aromatic heterocycles. The van der Waals surface area contributed by atoms with E-state index in [0.29, 0.717) is 0 Å². The molecule has 0 unspecified atom stereocenters. The van der Waals surface area contributed by atoms with Gasteiger partial charge < -0.3 is 14.2 Å². The number of hydrogen-bond donors (Lipinski definition) is 0. The molecule has 0 saturated carbocycles. The Morgan fingerprint density at radius 2 is 2.00 bits per heavy atom. The van der Waals surface area contributed by atoms with Crippen LogP contribution in [0, 0.1) is 30.5 Å². The second-order valence-electron chi connectivity index (χ2n) is 3.26. The Morgan fingerprint density at radius 1 is 1.32 bits per heavy atom. The molecule has 0 atom stereocenters. The molecule has 0 spiro atoms. The number of rotatable bonds is 5. The molecule has 0 fully saturated rings. The summed E-state index contributed by atoms with van der Waals surface area (Å²) in [5, 5.41) is 0. The number of methoxy groups -OCH3 is 1. The van der Waals surface area contributed by atoms with E-state index in [1.165, 1.54) is 13.2 Å². The van der Waals surface area contributed by atoms with Gasteiger partial charge in [0, 0.05) is 0 Å². The van der Waals surface area contributed by atoms with Gasteiger partial charge in [0.2, 0.25) is 0 Å². The number of benzene rings is 1. The van der Waals surface area contributed by atoms with E-state index in [2.05, 4.69) is 16.6 Å². The van der Waals surface area contributed by atoms with Gasteiger partial charge in [-0.1, -0.05) is 11.8 Å². The van der Waals surface area contributed by atoms with Crippen LogP contribution in [0.4, 0.5) is 4.39 Å². The van der Waals surface area contributed by atoms with Gasteiger partial charge in [-0.2, -0.15) is 0 Å². The lowest BCUT2D eigenvalue weighted by atomic mass is 10.2. The molecule has 4 nitrogen and oxygen atoms in total. The molecule has 0 saturated heterocycles. The SMILES string of the molecule is C#CCOC(=O)c1cc(F)c(OCC#C)c(OC)c1. The molecule has 1 rings (SSSR count). The molecule has 0 bridgehead atoms. The largest absolute Gasteiger partial charge is 0.493 e. The third-order valence-corrected chi connectivity index (χ3v) is 2.05. The van der Waals surface area contributed by atoms with Gasteiger partial charge >= 0.3 is 5.97 Å². The summed E-state index contributed by atoms with van der Waals surface area (Å²) in [6, 6.07) is 2.25. The molecule has 1 aromatic rings. The molecule has 0 N–H and O–H groups in total. The first-order valence-corrected chi connectivity index (χ1v) is 5.18. The number of carbonyl (C=O) groups is 1. The van der Waals surface area contributed by atoms with E-state index in [-0.39, 0.29) is 30.3 Å². The molecule has 0 aliphatic heterocycles. The molecule has 19 heavy (non-hydrogen) atoms. The molecule has 5 heteroatoms. The number of terminal acetylenes is 2. The van der Waals surface area contributed by atoms with E-state index in [1.807, 2.05) is 0 Å². The van der Waals surface area contributed by atoms with Crippen molar-refractivity contribution >= 4 is 5.97 Å². The first-order chi connectivity index (χ1) is 9.13. The summed E-state index contributed by atoms with van der Waals surface area (Å²) >= 11 is 0. The zero-order chi connectivity index (χ0) is 14.3. The summed E-state index contributed by atoms with van der Waals surface area (Å²) in [4.78, 5) is 11.5. The van der Waals surface area contributed by atoms with Crippen LogP contribution in [-0.2, 0) is 4.74 Å². The maximum Gasteiger partial charge on any atom is 0.339 e. The Hall–Kier alpha value is -2.66. The average molecular weight is 262 g/mol. The minimum atomic E-state index is -0.776. The highest BCUT2D eigenvalue weighted by atomic mass is 19.1. The number of halogens is 1. The first kappa shape index (κ1) is 14.4. The second-order valence-corrected chi connectivity index (χ2v) is 3.26. The quantitative estimate of drug-likeness (QED) is 0.597. The van der Waals surface area contributed by atoms with E-state index in [4.69, 9.17) is 22.3 Å². The summed E-state index contributed by atoms with van der Waals surface area (Å²) in [6.07, 6.45) is 9.97. The van der Waals surface area contributed by atoms with Gasteiger partial charge in [-0.15, -0.1) is 12.8 Å². The topological polar surface area (TPSA) is 44.8 Å². The van der Waals surface area contributed by atoms with Crippen LogP contribution in [0.5, 0.6) is 11.5 Å². The Bertz CT molecular complexity index is 552. The van der Waals surface area contributed by atoms with Crippen LogP contribution in [-0.4, -0.2) is 26.3 Å². The molecule has 98 valence electrons. The van der Waals surface area contributed by atoms with Crippen molar-refractivity contribution in [2.24, 2.45) is 0 Å². The van der Waals surface area contributed by atoms with Crippen molar-refractivity contribution in [2.45, 2.75) is 0 Å². The van der Waals surface area contributed by atoms with Crippen molar-refractivity contribution in [1.29, 1.82) is 0 Å². The van der Waals surface area contributed by atoms with Crippen molar-refractivity contribution in [3.8, 4) is 36.2 Å². The molecule has 0 aliphatic rings. The fourth-order valence-electron chi connectivity index (χ4n) is 1.28. The third-order valence-electron chi connectivity index (χ3n) is 2.05. The summed E-state index contributed by atoms with van der Waals surface area (Å²) in [7, 11) is 1.31. The molecular weight excluding hydrogens is 251 g/mol. The van der Waals surface area contributed by atoms with E-state index in [9.17, 15) is 9.18 Å². The molecule has 0 heterocycles. The number of ether oxygens (including phenoxy) is 3. The summed E-state index contributed by atoms with van der Waals surface area (Å²) in [5.41, 5.74) is -0.0299. The van der Waals surface area contributed by atoms with Crippen LogP contribution in [0.1, 0.15) is 10.4 Å². The fourth-order valence-corrected chi connectivity index (χ4v) is 1.28. The fraction of sp³-hybridized carbons (Fsp3) is 0.214. The second kappa shape index (κ2) is 6.93. The maximum absolute atomic E-state index is 13.8. The van der Waals surface area contributed by atoms with Gasteiger partial charge in [0.1, 0.15) is 6.61 Å². The lowest BCUT2D eigenvalue weighted by Gasteiger charge is -2.11. The van der Waals surface area contributed by atoms with E-state index < -0.39 is 11.8 Å². The van der Waals surface area contributed by atoms with Gasteiger partial charge in [0.05, 0.1) is 12.7 Å². The third kappa shape index (κ3) is 3.65. The van der Waals surface area contributed by atoms with Gasteiger partial charge in [-0.05, 0) is 12.1 Å². The number of hydrogen-bond acceptors (Lipinski definition) is 4. The number of carbonyl (C=O) groups excluding carboxylic acids is 1. The van der Waals surface area contributed by atoms with Gasteiger partial charge in [0.15, 0.2) is 23.9 Å². The molecular formula is C14H11FO4. The lowest BCUT2D eigenvalue weighted by molar-refractivity contribution is 0.0555. The molecule has 0 radical (unpaired) electrons. The van der Waals surface area contributed by atoms with Crippen LogP contribution < -0.4 is 9.47 Å². The lowest BCUT2D eigenvalue weighted by Crippen LogP contribution is -2.08. The van der Waals surface area contributed by atoms with Crippen molar-refractivity contribution in [3.05, 3.63) is 23.5 Å². The highest BCUT2D eigenvalue weighted by Crippen LogP contribution is 2.31. The first-order valence-electron chi connectivity index (χ1n) is 5.18. The van der Waals surface area contributed by atoms with Crippen molar-refractivity contribution < 1.29 is 23.4 Å². The van der Waals surface area contributed by atoms with Crippen LogP contribution in [0.2, 0.25) is 0 Å². The standard InChI is InChI=1S/C14H11FO4/c1-4-6-18-13-11(15)8-10(9-12(13)17-3)14(16)19-7-5-2/h1-2,8-9H,6-7H2,3H3. The van der Waals surface area contributed by atoms with Gasteiger partial charge in [0.25, 0.3) is 0 Å². The Morgan fingerprint density at radius 3 is 2.58 bits per heavy atom. The Balaban J connectivity index is 3.06. The minimum absolute atomic E-state index is 0.0299. The Kier molecular flexibility index (Phi) is 5.25. The van der Waals surface area contributed by atoms with Crippen molar-refractivity contribution in [1.82, 2.24) is 0 Å². The van der Waals surface area contributed by atoms with E-state index >= 15 is 0 Å². The van der Waals surface area contributed by atoms with Crippen molar-refractivity contribution in [2.75, 3.05) is 20.3 Å². The smallest absolute Gasteiger partial charge is 0.339 e. The van der Waals surface area contributed by atoms with Crippen LogP contribution in [0.15, 0.2) is 12.1 Å². The van der Waals surface area contributed by atoms with E-state index in [0.717, 1.165) is 6.07 Å². The summed E-state index contributed by atoms with van der Waals surface area (Å²) in [5.74, 6) is 2.70. The zero-order valence-corrected chi connectivity index (χ0v) is 10.2. The monoisotopic (exact) mass is 262 g/mol. The van der Waals surface area contributed by atoms with Crippen LogP contribution in [0.25, 0.3) is 0 Å². The highest BCUT2D eigenvalue weighted by molar-refractivity contribution is 5.90. The van der Waals surface area contributed by atoms with Crippen molar-refractivity contribution in [3.63, 3.8) is 0 Å². The van der Waals surface area contributed by atoms with Crippen LogP contribution in [0.3, 0.4) is 0 Å². The predicted molar refractivity (Wildman–Crippen MR) is 66.4 cm³/mol. The van der Waals surface area contributed by atoms with Gasteiger partial charge in [-0.3, -0.25) is 0 Å². The predicted octanol–water partition coefficient (Wildman–Crippen LogP) is 1.64.